The lowest BCUT2D eigenvalue weighted by atomic mass is 9.97. The van der Waals surface area contributed by atoms with E-state index in [1.165, 1.54) is 11.1 Å². The molecule has 0 bridgehead atoms. The molecule has 0 aliphatic carbocycles. The van der Waals surface area contributed by atoms with Crippen molar-refractivity contribution in [3.05, 3.63) is 71.6 Å². The zero-order valence-electron chi connectivity index (χ0n) is 13.9. The third-order valence-corrected chi connectivity index (χ3v) is 3.56. The molecule has 0 unspecified atom stereocenters. The summed E-state index contributed by atoms with van der Waals surface area (Å²) >= 11 is 0. The second-order valence-corrected chi connectivity index (χ2v) is 6.52. The van der Waals surface area contributed by atoms with Crippen LogP contribution in [0, 0.1) is 5.41 Å². The Labute approximate surface area is 138 Å². The number of ether oxygens (including phenoxy) is 1. The van der Waals surface area contributed by atoms with Crippen LogP contribution in [-0.2, 0) is 11.2 Å². The van der Waals surface area contributed by atoms with Gasteiger partial charge in [0, 0.05) is 17.8 Å². The Balaban J connectivity index is 1.79. The van der Waals surface area contributed by atoms with Crippen molar-refractivity contribution in [2.75, 3.05) is 19.8 Å². The molecule has 1 heterocycles. The molecule has 0 atom stereocenters. The van der Waals surface area contributed by atoms with E-state index in [-0.39, 0.29) is 12.0 Å². The molecule has 0 aliphatic rings. The molecule has 2 aromatic rings. The molecule has 1 aromatic heterocycles. The fourth-order valence-electron chi connectivity index (χ4n) is 2.12. The van der Waals surface area contributed by atoms with E-state index in [4.69, 9.17) is 9.84 Å². The lowest BCUT2D eigenvalue weighted by Gasteiger charge is -2.20. The average molecular weight is 311 g/mol. The molecule has 122 valence electrons. The van der Waals surface area contributed by atoms with Gasteiger partial charge < -0.3 is 9.84 Å². The van der Waals surface area contributed by atoms with Crippen LogP contribution < -0.4 is 0 Å². The van der Waals surface area contributed by atoms with Gasteiger partial charge >= 0.3 is 0 Å². The first-order chi connectivity index (χ1) is 11.1. The molecule has 0 saturated carbocycles. The van der Waals surface area contributed by atoms with E-state index in [0.29, 0.717) is 13.2 Å². The largest absolute Gasteiger partial charge is 0.396 e. The highest BCUT2D eigenvalue weighted by molar-refractivity contribution is 5.50. The minimum Gasteiger partial charge on any atom is -0.396 e. The van der Waals surface area contributed by atoms with Gasteiger partial charge in [0.2, 0.25) is 0 Å². The van der Waals surface area contributed by atoms with Crippen molar-refractivity contribution in [3.63, 3.8) is 0 Å². The molecule has 1 aromatic carbocycles. The Morgan fingerprint density at radius 1 is 1.13 bits per heavy atom. The molecule has 0 amide bonds. The Hall–Kier alpha value is -1.97. The number of hydrogen-bond donors (Lipinski definition) is 1. The molecule has 0 radical (unpaired) electrons. The first-order valence-electron chi connectivity index (χ1n) is 7.92. The Morgan fingerprint density at radius 2 is 1.91 bits per heavy atom. The van der Waals surface area contributed by atoms with E-state index in [1.54, 1.807) is 6.20 Å². The SMILES string of the molecule is CC(C)(CO)COCC=Cc1ccc(Cc2cccnc2)cc1. The summed E-state index contributed by atoms with van der Waals surface area (Å²) in [5, 5.41) is 9.16. The van der Waals surface area contributed by atoms with Crippen LogP contribution in [0.25, 0.3) is 6.08 Å². The zero-order chi connectivity index (χ0) is 16.5. The van der Waals surface area contributed by atoms with Crippen molar-refractivity contribution in [3.8, 4) is 0 Å². The van der Waals surface area contributed by atoms with Crippen LogP contribution >= 0.6 is 0 Å². The second-order valence-electron chi connectivity index (χ2n) is 6.52. The molecule has 3 nitrogen and oxygen atoms in total. The third kappa shape index (κ3) is 6.35. The normalized spacial score (nSPS) is 12.0. The number of aromatic nitrogens is 1. The quantitative estimate of drug-likeness (QED) is 0.756. The molecule has 1 N–H and O–H groups in total. The predicted molar refractivity (Wildman–Crippen MR) is 94.2 cm³/mol. The number of nitrogens with zero attached hydrogens (tertiary/aromatic N) is 1. The van der Waals surface area contributed by atoms with Gasteiger partial charge in [-0.1, -0.05) is 56.3 Å². The van der Waals surface area contributed by atoms with E-state index in [1.807, 2.05) is 32.2 Å². The van der Waals surface area contributed by atoms with Gasteiger partial charge in [0.05, 0.1) is 19.8 Å². The molecule has 0 saturated heterocycles. The van der Waals surface area contributed by atoms with Gasteiger partial charge in [-0.05, 0) is 29.2 Å². The third-order valence-electron chi connectivity index (χ3n) is 3.56. The van der Waals surface area contributed by atoms with Crippen LogP contribution in [0.2, 0.25) is 0 Å². The van der Waals surface area contributed by atoms with Crippen LogP contribution in [0.1, 0.15) is 30.5 Å². The summed E-state index contributed by atoms with van der Waals surface area (Å²) in [6.07, 6.45) is 8.65. The van der Waals surface area contributed by atoms with Crippen molar-refractivity contribution in [2.45, 2.75) is 20.3 Å². The van der Waals surface area contributed by atoms with Crippen LogP contribution in [0.15, 0.2) is 54.9 Å². The maximum absolute atomic E-state index is 9.16. The van der Waals surface area contributed by atoms with Gasteiger partial charge in [0.15, 0.2) is 0 Å². The van der Waals surface area contributed by atoms with Crippen LogP contribution in [0.3, 0.4) is 0 Å². The molecular formula is C20H25NO2. The Kier molecular flexibility index (Phi) is 6.51. The lowest BCUT2D eigenvalue weighted by molar-refractivity contribution is 0.0406. The number of pyridine rings is 1. The Bertz CT molecular complexity index is 603. The molecule has 23 heavy (non-hydrogen) atoms. The molecular weight excluding hydrogens is 286 g/mol. The van der Waals surface area contributed by atoms with E-state index < -0.39 is 0 Å². The van der Waals surface area contributed by atoms with E-state index in [2.05, 4.69) is 41.4 Å². The van der Waals surface area contributed by atoms with E-state index >= 15 is 0 Å². The molecule has 0 aliphatic heterocycles. The smallest absolute Gasteiger partial charge is 0.0650 e. The van der Waals surface area contributed by atoms with Crippen molar-refractivity contribution in [1.29, 1.82) is 0 Å². The molecule has 2 rings (SSSR count). The summed E-state index contributed by atoms with van der Waals surface area (Å²) in [7, 11) is 0. The van der Waals surface area contributed by atoms with Gasteiger partial charge in [-0.2, -0.15) is 0 Å². The molecule has 0 fully saturated rings. The summed E-state index contributed by atoms with van der Waals surface area (Å²) in [6.45, 7) is 5.21. The minimum absolute atomic E-state index is 0.134. The monoisotopic (exact) mass is 311 g/mol. The first-order valence-corrected chi connectivity index (χ1v) is 7.92. The van der Waals surface area contributed by atoms with E-state index in [0.717, 1.165) is 12.0 Å². The minimum atomic E-state index is -0.179. The summed E-state index contributed by atoms with van der Waals surface area (Å²) in [5.74, 6) is 0. The highest BCUT2D eigenvalue weighted by atomic mass is 16.5. The second kappa shape index (κ2) is 8.61. The lowest BCUT2D eigenvalue weighted by Crippen LogP contribution is -2.23. The van der Waals surface area contributed by atoms with Gasteiger partial charge in [0.1, 0.15) is 0 Å². The van der Waals surface area contributed by atoms with Gasteiger partial charge in [0.25, 0.3) is 0 Å². The fraction of sp³-hybridized carbons (Fsp3) is 0.350. The van der Waals surface area contributed by atoms with Crippen molar-refractivity contribution < 1.29 is 9.84 Å². The standard InChI is InChI=1S/C20H25NO2/c1-20(2,15-22)16-23-12-4-6-17-7-9-18(10-8-17)13-19-5-3-11-21-14-19/h3-11,14,22H,12-13,15-16H2,1-2H3. The highest BCUT2D eigenvalue weighted by Gasteiger charge is 2.15. The number of benzene rings is 1. The number of rotatable bonds is 8. The molecule has 0 spiro atoms. The molecule has 3 heteroatoms. The maximum Gasteiger partial charge on any atom is 0.0650 e. The number of hydrogen-bond acceptors (Lipinski definition) is 3. The van der Waals surface area contributed by atoms with Crippen LogP contribution in [0.4, 0.5) is 0 Å². The summed E-state index contributed by atoms with van der Waals surface area (Å²) in [4.78, 5) is 4.14. The van der Waals surface area contributed by atoms with E-state index in [9.17, 15) is 0 Å². The van der Waals surface area contributed by atoms with Crippen LogP contribution in [-0.4, -0.2) is 29.9 Å². The summed E-state index contributed by atoms with van der Waals surface area (Å²) in [6, 6.07) is 12.6. The summed E-state index contributed by atoms with van der Waals surface area (Å²) in [5.41, 5.74) is 3.47. The number of aliphatic hydroxyl groups is 1. The maximum atomic E-state index is 9.16. The summed E-state index contributed by atoms with van der Waals surface area (Å²) < 4.78 is 5.56. The highest BCUT2D eigenvalue weighted by Crippen LogP contribution is 2.14. The Morgan fingerprint density at radius 3 is 2.57 bits per heavy atom. The predicted octanol–water partition coefficient (Wildman–Crippen LogP) is 3.72. The topological polar surface area (TPSA) is 42.4 Å². The van der Waals surface area contributed by atoms with Crippen molar-refractivity contribution in [1.82, 2.24) is 4.98 Å². The van der Waals surface area contributed by atoms with Gasteiger partial charge in [-0.25, -0.2) is 0 Å². The van der Waals surface area contributed by atoms with Gasteiger partial charge in [-0.15, -0.1) is 0 Å². The first kappa shape index (κ1) is 17.4. The van der Waals surface area contributed by atoms with Crippen molar-refractivity contribution >= 4 is 6.08 Å². The van der Waals surface area contributed by atoms with Crippen LogP contribution in [0.5, 0.6) is 0 Å². The zero-order valence-corrected chi connectivity index (χ0v) is 13.9. The average Bonchev–Trinajstić information content (AvgIpc) is 2.57. The van der Waals surface area contributed by atoms with Crippen molar-refractivity contribution in [2.24, 2.45) is 5.41 Å². The number of aliphatic hydroxyl groups excluding tert-OH is 1. The fourth-order valence-corrected chi connectivity index (χ4v) is 2.12. The van der Waals surface area contributed by atoms with Gasteiger partial charge in [-0.3, -0.25) is 4.98 Å².